The third kappa shape index (κ3) is 4.23. The van der Waals surface area contributed by atoms with Crippen LogP contribution in [0.3, 0.4) is 0 Å². The summed E-state index contributed by atoms with van der Waals surface area (Å²) >= 11 is 0. The van der Waals surface area contributed by atoms with E-state index in [1.54, 1.807) is 37.3 Å². The molecule has 3 aromatic carbocycles. The van der Waals surface area contributed by atoms with E-state index >= 15 is 0 Å². The molecule has 0 aromatic heterocycles. The highest BCUT2D eigenvalue weighted by Crippen LogP contribution is 2.24. The second kappa shape index (κ2) is 8.27. The Labute approximate surface area is 165 Å². The van der Waals surface area contributed by atoms with Gasteiger partial charge in [0.2, 0.25) is 0 Å². The maximum absolute atomic E-state index is 12.9. The highest BCUT2D eigenvalue weighted by atomic mass is 32.2. The summed E-state index contributed by atoms with van der Waals surface area (Å²) in [4.78, 5) is 12.5. The number of carbonyl (C=O) groups is 1. The lowest BCUT2D eigenvalue weighted by molar-refractivity contribution is 0.0337. The quantitative estimate of drug-likeness (QED) is 0.579. The molecule has 0 N–H and O–H groups in total. The monoisotopic (exact) mass is 395 g/mol. The van der Waals surface area contributed by atoms with Gasteiger partial charge in [0.05, 0.1) is 16.1 Å². The van der Waals surface area contributed by atoms with Gasteiger partial charge in [0.15, 0.2) is 0 Å². The van der Waals surface area contributed by atoms with Gasteiger partial charge in [0, 0.05) is 7.05 Å². The minimum absolute atomic E-state index is 0.0284. The van der Waals surface area contributed by atoms with Gasteiger partial charge in [0.25, 0.3) is 10.0 Å². The molecule has 0 bridgehead atoms. The molecule has 0 radical (unpaired) electrons. The molecule has 0 fully saturated rings. The van der Waals surface area contributed by atoms with Crippen molar-refractivity contribution in [3.05, 3.63) is 96.1 Å². The van der Waals surface area contributed by atoms with Crippen LogP contribution >= 0.6 is 0 Å². The smallest absolute Gasteiger partial charge is 0.338 e. The molecular formula is C22H21NO4S. The van der Waals surface area contributed by atoms with Crippen LogP contribution in [0, 0.1) is 0 Å². The normalized spacial score (nSPS) is 12.2. The van der Waals surface area contributed by atoms with Crippen molar-refractivity contribution in [3.8, 4) is 0 Å². The summed E-state index contributed by atoms with van der Waals surface area (Å²) in [5.74, 6) is -0.573. The predicted molar refractivity (Wildman–Crippen MR) is 109 cm³/mol. The zero-order valence-corrected chi connectivity index (χ0v) is 16.5. The number of nitrogens with zero attached hydrogens (tertiary/aromatic N) is 1. The first-order valence-electron chi connectivity index (χ1n) is 8.79. The molecule has 3 rings (SSSR count). The Hall–Kier alpha value is -3.12. The van der Waals surface area contributed by atoms with Gasteiger partial charge in [0.1, 0.15) is 6.10 Å². The van der Waals surface area contributed by atoms with E-state index in [-0.39, 0.29) is 10.5 Å². The lowest BCUT2D eigenvalue weighted by Gasteiger charge is -2.20. The zero-order chi connectivity index (χ0) is 20.1. The molecule has 1 atom stereocenters. The molecule has 0 unspecified atom stereocenters. The van der Waals surface area contributed by atoms with Crippen molar-refractivity contribution in [2.45, 2.75) is 17.9 Å². The number of esters is 1. The van der Waals surface area contributed by atoms with Crippen LogP contribution in [0.15, 0.2) is 89.8 Å². The van der Waals surface area contributed by atoms with E-state index in [1.807, 2.05) is 36.4 Å². The number of hydrogen-bond donors (Lipinski definition) is 0. The summed E-state index contributed by atoms with van der Waals surface area (Å²) in [5, 5.41) is 0. The van der Waals surface area contributed by atoms with Gasteiger partial charge in [-0.05, 0) is 42.8 Å². The molecular weight excluding hydrogens is 374 g/mol. The van der Waals surface area contributed by atoms with E-state index in [9.17, 15) is 13.2 Å². The number of para-hydroxylation sites is 1. The highest BCUT2D eigenvalue weighted by molar-refractivity contribution is 7.92. The Morgan fingerprint density at radius 2 is 1.50 bits per heavy atom. The summed E-state index contributed by atoms with van der Waals surface area (Å²) in [5.41, 5.74) is 1.59. The first-order chi connectivity index (χ1) is 13.4. The van der Waals surface area contributed by atoms with E-state index in [0.717, 1.165) is 5.56 Å². The maximum Gasteiger partial charge on any atom is 0.338 e. The fraction of sp³-hybridized carbons (Fsp3) is 0.136. The average Bonchev–Trinajstić information content (AvgIpc) is 2.74. The maximum atomic E-state index is 12.9. The van der Waals surface area contributed by atoms with Crippen LogP contribution in [0.2, 0.25) is 0 Å². The van der Waals surface area contributed by atoms with Crippen molar-refractivity contribution in [2.75, 3.05) is 11.4 Å². The van der Waals surface area contributed by atoms with Gasteiger partial charge < -0.3 is 4.74 Å². The van der Waals surface area contributed by atoms with Crippen LogP contribution in [-0.4, -0.2) is 21.4 Å². The van der Waals surface area contributed by atoms with Crippen LogP contribution in [0.1, 0.15) is 28.9 Å². The molecule has 6 heteroatoms. The molecule has 144 valence electrons. The lowest BCUT2D eigenvalue weighted by Crippen LogP contribution is -2.26. The predicted octanol–water partition coefficient (Wildman–Crippen LogP) is 4.43. The van der Waals surface area contributed by atoms with Gasteiger partial charge in [-0.25, -0.2) is 13.2 Å². The van der Waals surface area contributed by atoms with E-state index in [1.165, 1.54) is 29.6 Å². The van der Waals surface area contributed by atoms with E-state index in [0.29, 0.717) is 5.69 Å². The SMILES string of the molecule is C[C@@H](OC(=O)c1cccc(S(=O)(=O)N(C)c2ccccc2)c1)c1ccccc1. The highest BCUT2D eigenvalue weighted by Gasteiger charge is 2.23. The minimum Gasteiger partial charge on any atom is -0.454 e. The number of hydrogen-bond acceptors (Lipinski definition) is 4. The van der Waals surface area contributed by atoms with Crippen LogP contribution in [0.25, 0.3) is 0 Å². The summed E-state index contributed by atoms with van der Waals surface area (Å²) < 4.78 is 32.5. The summed E-state index contributed by atoms with van der Waals surface area (Å²) in [7, 11) is -2.32. The third-order valence-electron chi connectivity index (χ3n) is 4.40. The summed E-state index contributed by atoms with van der Waals surface area (Å²) in [6, 6.07) is 24.0. The molecule has 0 heterocycles. The first-order valence-corrected chi connectivity index (χ1v) is 10.2. The fourth-order valence-corrected chi connectivity index (χ4v) is 3.98. The van der Waals surface area contributed by atoms with E-state index in [2.05, 4.69) is 0 Å². The number of carbonyl (C=O) groups excluding carboxylic acids is 1. The number of benzene rings is 3. The molecule has 0 spiro atoms. The Morgan fingerprint density at radius 3 is 2.14 bits per heavy atom. The second-order valence-corrected chi connectivity index (χ2v) is 8.26. The van der Waals surface area contributed by atoms with Crippen molar-refractivity contribution in [1.29, 1.82) is 0 Å². The molecule has 3 aromatic rings. The van der Waals surface area contributed by atoms with Crippen molar-refractivity contribution in [3.63, 3.8) is 0 Å². The van der Waals surface area contributed by atoms with E-state index < -0.39 is 22.1 Å². The number of anilines is 1. The van der Waals surface area contributed by atoms with Gasteiger partial charge in [-0.2, -0.15) is 0 Å². The minimum atomic E-state index is -3.80. The first kappa shape index (κ1) is 19.6. The molecule has 28 heavy (non-hydrogen) atoms. The average molecular weight is 395 g/mol. The lowest BCUT2D eigenvalue weighted by atomic mass is 10.1. The topological polar surface area (TPSA) is 63.7 Å². The molecule has 5 nitrogen and oxygen atoms in total. The van der Waals surface area contributed by atoms with Crippen LogP contribution in [-0.2, 0) is 14.8 Å². The molecule has 0 aliphatic heterocycles. The van der Waals surface area contributed by atoms with Crippen molar-refractivity contribution in [1.82, 2.24) is 0 Å². The van der Waals surface area contributed by atoms with Crippen LogP contribution in [0.5, 0.6) is 0 Å². The Bertz CT molecular complexity index is 1050. The van der Waals surface area contributed by atoms with Gasteiger partial charge in [-0.3, -0.25) is 4.31 Å². The fourth-order valence-electron chi connectivity index (χ4n) is 2.74. The number of rotatable bonds is 6. The van der Waals surface area contributed by atoms with Gasteiger partial charge >= 0.3 is 5.97 Å². The Balaban J connectivity index is 1.82. The van der Waals surface area contributed by atoms with Crippen molar-refractivity contribution < 1.29 is 17.9 Å². The third-order valence-corrected chi connectivity index (χ3v) is 6.18. The summed E-state index contributed by atoms with van der Waals surface area (Å²) in [6.45, 7) is 1.77. The molecule has 0 saturated carbocycles. The van der Waals surface area contributed by atoms with Gasteiger partial charge in [-0.1, -0.05) is 54.6 Å². The van der Waals surface area contributed by atoms with Crippen molar-refractivity contribution in [2.24, 2.45) is 0 Å². The van der Waals surface area contributed by atoms with Gasteiger partial charge in [-0.15, -0.1) is 0 Å². The van der Waals surface area contributed by atoms with Crippen LogP contribution < -0.4 is 4.31 Å². The van der Waals surface area contributed by atoms with Crippen molar-refractivity contribution >= 4 is 21.7 Å². The molecule has 0 aliphatic carbocycles. The standard InChI is InChI=1S/C22H21NO4S/c1-17(18-10-5-3-6-11-18)27-22(24)19-12-9-15-21(16-19)28(25,26)23(2)20-13-7-4-8-14-20/h3-17H,1-2H3/t17-/m1/s1. The second-order valence-electron chi connectivity index (χ2n) is 6.29. The molecule has 0 amide bonds. The number of sulfonamides is 1. The summed E-state index contributed by atoms with van der Waals surface area (Å²) in [6.07, 6.45) is -0.444. The number of ether oxygens (including phenoxy) is 1. The molecule has 0 aliphatic rings. The Kier molecular flexibility index (Phi) is 5.80. The van der Waals surface area contributed by atoms with E-state index in [4.69, 9.17) is 4.74 Å². The zero-order valence-electron chi connectivity index (χ0n) is 15.6. The Morgan fingerprint density at radius 1 is 0.893 bits per heavy atom. The largest absolute Gasteiger partial charge is 0.454 e. The van der Waals surface area contributed by atoms with Crippen LogP contribution in [0.4, 0.5) is 5.69 Å². The molecule has 0 saturated heterocycles.